The van der Waals surface area contributed by atoms with Crippen LogP contribution in [-0.4, -0.2) is 35.9 Å². The molecule has 0 spiro atoms. The summed E-state index contributed by atoms with van der Waals surface area (Å²) >= 11 is 0. The van der Waals surface area contributed by atoms with Crippen molar-refractivity contribution in [3.05, 3.63) is 11.8 Å². The van der Waals surface area contributed by atoms with Gasteiger partial charge in [-0.05, 0) is 6.08 Å². The molecule has 0 saturated carbocycles. The topological polar surface area (TPSA) is 90.8 Å². The molecule has 0 aliphatic carbocycles. The maximum Gasteiger partial charge on any atom is 0.354 e. The summed E-state index contributed by atoms with van der Waals surface area (Å²) in [4.78, 5) is 10.9. The lowest BCUT2D eigenvalue weighted by molar-refractivity contribution is -0.137. The van der Waals surface area contributed by atoms with Gasteiger partial charge in [-0.1, -0.05) is 0 Å². The maximum atomic E-state index is 10.9. The van der Waals surface area contributed by atoms with Gasteiger partial charge in [0, 0.05) is 0 Å². The summed E-state index contributed by atoms with van der Waals surface area (Å²) in [6.07, 6.45) is -0.979. The van der Waals surface area contributed by atoms with Crippen molar-refractivity contribution in [2.24, 2.45) is 0 Å². The molecule has 6 heteroatoms. The third-order valence-electron chi connectivity index (χ3n) is 1.35. The zero-order valence-corrected chi connectivity index (χ0v) is 6.44. The number of ether oxygens (including phenoxy) is 1. The van der Waals surface area contributed by atoms with Crippen molar-refractivity contribution in [3.8, 4) is 0 Å². The zero-order valence-electron chi connectivity index (χ0n) is 6.44. The van der Waals surface area contributed by atoms with E-state index in [-0.39, 0.29) is 5.70 Å². The Morgan fingerprint density at radius 2 is 2.33 bits per heavy atom. The van der Waals surface area contributed by atoms with Crippen molar-refractivity contribution >= 4 is 5.97 Å². The van der Waals surface area contributed by atoms with Crippen LogP contribution in [0.1, 0.15) is 0 Å². The average Bonchev–Trinajstić information content (AvgIpc) is 2.01. The molecule has 0 radical (unpaired) electrons. The Hall–Kier alpha value is -1.11. The van der Waals surface area contributed by atoms with Gasteiger partial charge < -0.3 is 20.3 Å². The molecule has 1 aliphatic heterocycles. The van der Waals surface area contributed by atoms with Gasteiger partial charge in [0.25, 0.3) is 0 Å². The highest BCUT2D eigenvalue weighted by molar-refractivity contribution is 5.87. The quantitative estimate of drug-likeness (QED) is 0.338. The molecule has 0 saturated heterocycles. The van der Waals surface area contributed by atoms with Crippen LogP contribution in [0, 0.1) is 0 Å². The summed E-state index contributed by atoms with van der Waals surface area (Å²) in [5, 5.41) is 22.6. The van der Waals surface area contributed by atoms with Crippen LogP contribution in [-0.2, 0) is 9.53 Å². The number of rotatable bonds is 1. The third kappa shape index (κ3) is 1.94. The second kappa shape index (κ2) is 3.53. The van der Waals surface area contributed by atoms with E-state index >= 15 is 0 Å². The fourth-order valence-electron chi connectivity index (χ4n) is 0.842. The number of aliphatic hydroxyl groups is 2. The molecule has 0 aromatic rings. The van der Waals surface area contributed by atoms with Crippen LogP contribution in [0.5, 0.6) is 0 Å². The second-order valence-corrected chi connectivity index (χ2v) is 2.23. The average molecular weight is 174 g/mol. The fraction of sp³-hybridized carbons (Fsp3) is 0.500. The Balaban J connectivity index is 2.69. The first-order valence-corrected chi connectivity index (χ1v) is 3.32. The van der Waals surface area contributed by atoms with Crippen LogP contribution in [0.25, 0.3) is 0 Å². The summed E-state index contributed by atoms with van der Waals surface area (Å²) in [6.45, 7) is 0. The second-order valence-electron chi connectivity index (χ2n) is 2.23. The lowest BCUT2D eigenvalue weighted by atomic mass is 10.3. The van der Waals surface area contributed by atoms with Crippen molar-refractivity contribution in [2.45, 2.75) is 12.6 Å². The van der Waals surface area contributed by atoms with E-state index in [4.69, 9.17) is 10.2 Å². The van der Waals surface area contributed by atoms with Gasteiger partial charge in [0.2, 0.25) is 0 Å². The monoisotopic (exact) mass is 174 g/mol. The molecule has 0 aromatic carbocycles. The van der Waals surface area contributed by atoms with Gasteiger partial charge in [-0.3, -0.25) is 0 Å². The van der Waals surface area contributed by atoms with Gasteiger partial charge >= 0.3 is 5.97 Å². The largest absolute Gasteiger partial charge is 0.464 e. The molecule has 1 rings (SSSR count). The Kier molecular flexibility index (Phi) is 2.64. The first-order valence-electron chi connectivity index (χ1n) is 3.32. The molecule has 68 valence electrons. The van der Waals surface area contributed by atoms with E-state index in [9.17, 15) is 4.79 Å². The number of hydrogen-bond acceptors (Lipinski definition) is 6. The highest BCUT2D eigenvalue weighted by Crippen LogP contribution is 2.01. The Morgan fingerprint density at radius 3 is 2.83 bits per heavy atom. The van der Waals surface area contributed by atoms with Gasteiger partial charge in [-0.2, -0.15) is 0 Å². The van der Waals surface area contributed by atoms with E-state index in [1.165, 1.54) is 13.2 Å². The SMILES string of the molecule is COC(=O)C1=CC(O)NC(O)N1. The molecule has 4 N–H and O–H groups in total. The summed E-state index contributed by atoms with van der Waals surface area (Å²) in [5.74, 6) is -0.630. The minimum atomic E-state index is -1.14. The highest BCUT2D eigenvalue weighted by atomic mass is 16.5. The molecule has 0 aromatic heterocycles. The smallest absolute Gasteiger partial charge is 0.354 e. The summed E-state index contributed by atoms with van der Waals surface area (Å²) in [6, 6.07) is 0. The first-order chi connectivity index (χ1) is 5.63. The minimum absolute atomic E-state index is 0.0382. The molecule has 2 unspecified atom stereocenters. The van der Waals surface area contributed by atoms with Crippen LogP contribution >= 0.6 is 0 Å². The molecule has 2 atom stereocenters. The molecule has 12 heavy (non-hydrogen) atoms. The van der Waals surface area contributed by atoms with E-state index in [1.54, 1.807) is 0 Å². The van der Waals surface area contributed by atoms with E-state index in [0.717, 1.165) is 0 Å². The van der Waals surface area contributed by atoms with E-state index in [2.05, 4.69) is 15.4 Å². The molecule has 1 aliphatic rings. The lowest BCUT2D eigenvalue weighted by Crippen LogP contribution is -2.51. The number of esters is 1. The van der Waals surface area contributed by atoms with Crippen LogP contribution in [0.3, 0.4) is 0 Å². The zero-order chi connectivity index (χ0) is 9.14. The number of hydrogen-bond donors (Lipinski definition) is 4. The third-order valence-corrected chi connectivity index (χ3v) is 1.35. The normalized spacial score (nSPS) is 28.8. The minimum Gasteiger partial charge on any atom is -0.464 e. The summed E-state index contributed by atoms with van der Waals surface area (Å²) in [7, 11) is 1.21. The molecule has 0 fully saturated rings. The number of methoxy groups -OCH3 is 1. The van der Waals surface area contributed by atoms with Crippen molar-refractivity contribution in [1.29, 1.82) is 0 Å². The Bertz CT molecular complexity index is 216. The Morgan fingerprint density at radius 1 is 1.67 bits per heavy atom. The van der Waals surface area contributed by atoms with Gasteiger partial charge in [0.1, 0.15) is 11.9 Å². The predicted molar refractivity (Wildman–Crippen MR) is 38.4 cm³/mol. The summed E-state index contributed by atoms with van der Waals surface area (Å²) in [5.41, 5.74) is 0.0382. The standard InChI is InChI=1S/C6H10N2O4/c1-12-5(10)3-2-4(9)8-6(11)7-3/h2,4,6-9,11H,1H3. The first kappa shape index (κ1) is 8.98. The van der Waals surface area contributed by atoms with Crippen LogP contribution in [0.4, 0.5) is 0 Å². The molecular weight excluding hydrogens is 164 g/mol. The molecule has 0 amide bonds. The van der Waals surface area contributed by atoms with Crippen LogP contribution < -0.4 is 10.6 Å². The number of aliphatic hydroxyl groups excluding tert-OH is 2. The van der Waals surface area contributed by atoms with Crippen LogP contribution in [0.15, 0.2) is 11.8 Å². The number of carbonyl (C=O) groups is 1. The maximum absolute atomic E-state index is 10.9. The van der Waals surface area contributed by atoms with Gasteiger partial charge in [-0.25, -0.2) is 10.1 Å². The van der Waals surface area contributed by atoms with Crippen molar-refractivity contribution in [1.82, 2.24) is 10.6 Å². The van der Waals surface area contributed by atoms with Gasteiger partial charge in [0.05, 0.1) is 7.11 Å². The summed E-state index contributed by atoms with van der Waals surface area (Å²) < 4.78 is 4.37. The predicted octanol–water partition coefficient (Wildman–Crippen LogP) is -2.17. The number of nitrogens with one attached hydrogen (secondary N) is 2. The van der Waals surface area contributed by atoms with Crippen molar-refractivity contribution < 1.29 is 19.7 Å². The molecule has 0 bridgehead atoms. The molecule has 6 nitrogen and oxygen atoms in total. The van der Waals surface area contributed by atoms with E-state index in [1.807, 2.05) is 0 Å². The lowest BCUT2D eigenvalue weighted by Gasteiger charge is -2.24. The van der Waals surface area contributed by atoms with Gasteiger partial charge in [0.15, 0.2) is 6.35 Å². The van der Waals surface area contributed by atoms with Gasteiger partial charge in [-0.15, -0.1) is 0 Å². The van der Waals surface area contributed by atoms with E-state index in [0.29, 0.717) is 0 Å². The Labute approximate surface area is 68.8 Å². The van der Waals surface area contributed by atoms with Crippen molar-refractivity contribution in [2.75, 3.05) is 7.11 Å². The molecular formula is C6H10N2O4. The van der Waals surface area contributed by atoms with Crippen LogP contribution in [0.2, 0.25) is 0 Å². The van der Waals surface area contributed by atoms with E-state index < -0.39 is 18.5 Å². The fourth-order valence-corrected chi connectivity index (χ4v) is 0.842. The van der Waals surface area contributed by atoms with Crippen molar-refractivity contribution in [3.63, 3.8) is 0 Å². The number of carbonyl (C=O) groups excluding carboxylic acids is 1. The highest BCUT2D eigenvalue weighted by Gasteiger charge is 2.21. The molecule has 1 heterocycles.